The van der Waals surface area contributed by atoms with Gasteiger partial charge in [-0.05, 0) is 42.3 Å². The molecule has 0 spiro atoms. The molecule has 1 atom stereocenters. The van der Waals surface area contributed by atoms with E-state index in [0.717, 1.165) is 28.9 Å². The molecule has 2 aromatic rings. The van der Waals surface area contributed by atoms with Crippen molar-refractivity contribution in [1.82, 2.24) is 0 Å². The van der Waals surface area contributed by atoms with E-state index in [1.807, 2.05) is 37.3 Å². The van der Waals surface area contributed by atoms with E-state index < -0.39 is 0 Å². The third-order valence-corrected chi connectivity index (χ3v) is 3.35. The van der Waals surface area contributed by atoms with E-state index in [1.165, 1.54) is 6.07 Å². The fourth-order valence-corrected chi connectivity index (χ4v) is 2.46. The highest BCUT2D eigenvalue weighted by atomic mass is 19.1. The maximum atomic E-state index is 14.0. The molecule has 0 saturated carbocycles. The average Bonchev–Trinajstić information content (AvgIpc) is 2.80. The summed E-state index contributed by atoms with van der Waals surface area (Å²) in [5.41, 5.74) is 2.73. The minimum Gasteiger partial charge on any atom is -0.497 e. The van der Waals surface area contributed by atoms with Crippen LogP contribution in [0.25, 0.3) is 11.1 Å². The van der Waals surface area contributed by atoms with Crippen molar-refractivity contribution in [1.29, 1.82) is 0 Å². The predicted molar refractivity (Wildman–Crippen MR) is 72.2 cm³/mol. The quantitative estimate of drug-likeness (QED) is 0.815. The predicted octanol–water partition coefficient (Wildman–Crippen LogP) is 3.82. The third-order valence-electron chi connectivity index (χ3n) is 3.35. The van der Waals surface area contributed by atoms with Crippen LogP contribution >= 0.6 is 0 Å². The van der Waals surface area contributed by atoms with Gasteiger partial charge in [0.15, 0.2) is 11.6 Å². The van der Waals surface area contributed by atoms with Gasteiger partial charge in [0.25, 0.3) is 0 Å². The molecule has 0 fully saturated rings. The molecule has 0 N–H and O–H groups in total. The summed E-state index contributed by atoms with van der Waals surface area (Å²) in [7, 11) is 1.62. The topological polar surface area (TPSA) is 18.5 Å². The van der Waals surface area contributed by atoms with Gasteiger partial charge in [-0.2, -0.15) is 0 Å². The molecule has 3 rings (SSSR count). The zero-order valence-electron chi connectivity index (χ0n) is 10.9. The summed E-state index contributed by atoms with van der Waals surface area (Å²) in [5, 5.41) is 0. The van der Waals surface area contributed by atoms with Crippen molar-refractivity contribution in [3.8, 4) is 22.6 Å². The van der Waals surface area contributed by atoms with Crippen molar-refractivity contribution in [3.05, 3.63) is 47.8 Å². The van der Waals surface area contributed by atoms with Crippen LogP contribution in [0.3, 0.4) is 0 Å². The molecule has 19 heavy (non-hydrogen) atoms. The SMILES string of the molecule is COc1cccc(-c2cc(F)c3c(c2)CC(C)O3)c1. The average molecular weight is 258 g/mol. The zero-order chi connectivity index (χ0) is 13.4. The number of hydrogen-bond donors (Lipinski definition) is 0. The molecule has 0 aromatic heterocycles. The zero-order valence-corrected chi connectivity index (χ0v) is 10.9. The first kappa shape index (κ1) is 12.0. The van der Waals surface area contributed by atoms with Crippen LogP contribution in [-0.4, -0.2) is 13.2 Å². The number of hydrogen-bond acceptors (Lipinski definition) is 2. The van der Waals surface area contributed by atoms with E-state index >= 15 is 0 Å². The van der Waals surface area contributed by atoms with Gasteiger partial charge >= 0.3 is 0 Å². The molecule has 0 radical (unpaired) electrons. The van der Waals surface area contributed by atoms with Crippen LogP contribution in [0.2, 0.25) is 0 Å². The van der Waals surface area contributed by atoms with Crippen molar-refractivity contribution in [3.63, 3.8) is 0 Å². The summed E-state index contributed by atoms with van der Waals surface area (Å²) < 4.78 is 24.7. The fourth-order valence-electron chi connectivity index (χ4n) is 2.46. The highest BCUT2D eigenvalue weighted by Crippen LogP contribution is 2.36. The van der Waals surface area contributed by atoms with Gasteiger partial charge in [-0.25, -0.2) is 4.39 Å². The standard InChI is InChI=1S/C16H15FO2/c1-10-6-13-7-12(9-15(17)16(13)19-10)11-4-3-5-14(8-11)18-2/h3-5,7-10H,6H2,1-2H3. The summed E-state index contributed by atoms with van der Waals surface area (Å²) in [6.45, 7) is 1.95. The van der Waals surface area contributed by atoms with Crippen LogP contribution in [0, 0.1) is 5.82 Å². The van der Waals surface area contributed by atoms with Gasteiger partial charge in [-0.1, -0.05) is 12.1 Å². The van der Waals surface area contributed by atoms with Crippen molar-refractivity contribution in [2.45, 2.75) is 19.4 Å². The Kier molecular flexibility index (Phi) is 2.90. The lowest BCUT2D eigenvalue weighted by molar-refractivity contribution is 0.245. The van der Waals surface area contributed by atoms with Crippen LogP contribution < -0.4 is 9.47 Å². The molecule has 98 valence electrons. The second kappa shape index (κ2) is 4.57. The molecular weight excluding hydrogens is 243 g/mol. The van der Waals surface area contributed by atoms with E-state index in [-0.39, 0.29) is 11.9 Å². The van der Waals surface area contributed by atoms with Gasteiger partial charge in [-0.15, -0.1) is 0 Å². The van der Waals surface area contributed by atoms with E-state index in [1.54, 1.807) is 7.11 Å². The van der Waals surface area contributed by atoms with Crippen LogP contribution in [0.1, 0.15) is 12.5 Å². The molecule has 1 heterocycles. The molecule has 2 aromatic carbocycles. The Morgan fingerprint density at radius 3 is 2.84 bits per heavy atom. The number of rotatable bonds is 2. The second-order valence-electron chi connectivity index (χ2n) is 4.81. The second-order valence-corrected chi connectivity index (χ2v) is 4.81. The third kappa shape index (κ3) is 2.16. The van der Waals surface area contributed by atoms with Crippen molar-refractivity contribution in [2.75, 3.05) is 7.11 Å². The van der Waals surface area contributed by atoms with E-state index in [9.17, 15) is 4.39 Å². The van der Waals surface area contributed by atoms with Gasteiger partial charge in [0, 0.05) is 12.0 Å². The minimum atomic E-state index is -0.292. The number of ether oxygens (including phenoxy) is 2. The molecule has 0 bridgehead atoms. The maximum Gasteiger partial charge on any atom is 0.165 e. The molecular formula is C16H15FO2. The lowest BCUT2D eigenvalue weighted by Gasteiger charge is -2.08. The van der Waals surface area contributed by atoms with Crippen LogP contribution in [0.5, 0.6) is 11.5 Å². The Morgan fingerprint density at radius 2 is 2.05 bits per heavy atom. The minimum absolute atomic E-state index is 0.0464. The molecule has 1 aliphatic heterocycles. The molecule has 1 unspecified atom stereocenters. The Bertz CT molecular complexity index is 622. The van der Waals surface area contributed by atoms with Gasteiger partial charge < -0.3 is 9.47 Å². The first-order chi connectivity index (χ1) is 9.17. The largest absolute Gasteiger partial charge is 0.497 e. The fraction of sp³-hybridized carbons (Fsp3) is 0.250. The highest BCUT2D eigenvalue weighted by Gasteiger charge is 2.23. The Balaban J connectivity index is 2.07. The van der Waals surface area contributed by atoms with Gasteiger partial charge in [0.1, 0.15) is 11.9 Å². The van der Waals surface area contributed by atoms with Crippen molar-refractivity contribution < 1.29 is 13.9 Å². The van der Waals surface area contributed by atoms with Gasteiger partial charge in [-0.3, -0.25) is 0 Å². The Labute approximate surface area is 111 Å². The van der Waals surface area contributed by atoms with Crippen LogP contribution in [-0.2, 0) is 6.42 Å². The molecule has 0 amide bonds. The molecule has 0 saturated heterocycles. The van der Waals surface area contributed by atoms with Gasteiger partial charge in [0.2, 0.25) is 0 Å². The normalized spacial score (nSPS) is 16.9. The Hall–Kier alpha value is -2.03. The summed E-state index contributed by atoms with van der Waals surface area (Å²) in [5.74, 6) is 0.877. The van der Waals surface area contributed by atoms with Crippen LogP contribution in [0.4, 0.5) is 4.39 Å². The summed E-state index contributed by atoms with van der Waals surface area (Å²) in [6, 6.07) is 11.1. The van der Waals surface area contributed by atoms with E-state index in [4.69, 9.17) is 9.47 Å². The summed E-state index contributed by atoms with van der Waals surface area (Å²) in [6.07, 6.45) is 0.800. The number of fused-ring (bicyclic) bond motifs is 1. The molecule has 1 aliphatic rings. The summed E-state index contributed by atoms with van der Waals surface area (Å²) in [4.78, 5) is 0. The lowest BCUT2D eigenvalue weighted by Crippen LogP contribution is -2.05. The molecule has 3 heteroatoms. The van der Waals surface area contributed by atoms with Crippen LogP contribution in [0.15, 0.2) is 36.4 Å². The van der Waals surface area contributed by atoms with E-state index in [0.29, 0.717) is 5.75 Å². The molecule has 0 aliphatic carbocycles. The highest BCUT2D eigenvalue weighted by molar-refractivity contribution is 5.68. The van der Waals surface area contributed by atoms with Crippen molar-refractivity contribution in [2.24, 2.45) is 0 Å². The van der Waals surface area contributed by atoms with E-state index in [2.05, 4.69) is 0 Å². The maximum absolute atomic E-state index is 14.0. The Morgan fingerprint density at radius 1 is 1.21 bits per heavy atom. The summed E-state index contributed by atoms with van der Waals surface area (Å²) >= 11 is 0. The number of methoxy groups -OCH3 is 1. The first-order valence-corrected chi connectivity index (χ1v) is 6.31. The molecule has 2 nitrogen and oxygen atoms in total. The van der Waals surface area contributed by atoms with Gasteiger partial charge in [0.05, 0.1) is 7.11 Å². The smallest absolute Gasteiger partial charge is 0.165 e. The monoisotopic (exact) mass is 258 g/mol. The first-order valence-electron chi connectivity index (χ1n) is 6.31. The number of halogens is 1. The van der Waals surface area contributed by atoms with Crippen molar-refractivity contribution >= 4 is 0 Å². The lowest BCUT2D eigenvalue weighted by atomic mass is 10.0. The number of benzene rings is 2.